The molecule has 1 heterocycles. The topological polar surface area (TPSA) is 90.6 Å². The lowest BCUT2D eigenvalue weighted by Crippen LogP contribution is -2.14. The van der Waals surface area contributed by atoms with Crippen molar-refractivity contribution in [2.45, 2.75) is 18.7 Å². The number of carbonyl (C=O) groups excluding carboxylic acids is 1. The molecule has 0 radical (unpaired) electrons. The minimum Gasteiger partial charge on any atom is -0.494 e. The number of anilines is 1. The third kappa shape index (κ3) is 7.34. The molecule has 4 rings (SSSR count). The van der Waals surface area contributed by atoms with Gasteiger partial charge in [-0.25, -0.2) is 0 Å². The first-order valence-corrected chi connectivity index (χ1v) is 12.5. The summed E-state index contributed by atoms with van der Waals surface area (Å²) in [6.45, 7) is 2.67. The van der Waals surface area contributed by atoms with Crippen molar-refractivity contribution in [3.8, 4) is 11.5 Å². The number of aromatic nitrogens is 3. The van der Waals surface area contributed by atoms with E-state index in [1.54, 1.807) is 35.2 Å². The molecule has 0 aliphatic carbocycles. The summed E-state index contributed by atoms with van der Waals surface area (Å²) in [6, 6.07) is 23.9. The van der Waals surface area contributed by atoms with Gasteiger partial charge in [-0.05, 0) is 61.0 Å². The first kappa shape index (κ1) is 25.3. The summed E-state index contributed by atoms with van der Waals surface area (Å²) in [7, 11) is 0. The third-order valence-corrected chi connectivity index (χ3v) is 5.93. The molecular weight excluding hydrogens is 498 g/mol. The molecule has 0 saturated carbocycles. The maximum atomic E-state index is 12.5. The second-order valence-electron chi connectivity index (χ2n) is 7.40. The number of nitrogens with zero attached hydrogens (tertiary/aromatic N) is 4. The van der Waals surface area contributed by atoms with Gasteiger partial charge in [-0.15, -0.1) is 10.2 Å². The second kappa shape index (κ2) is 12.8. The van der Waals surface area contributed by atoms with Gasteiger partial charge in [-0.2, -0.15) is 9.78 Å². The normalized spacial score (nSPS) is 10.9. The van der Waals surface area contributed by atoms with Crippen LogP contribution in [-0.4, -0.2) is 39.4 Å². The average Bonchev–Trinajstić information content (AvgIpc) is 3.29. The number of para-hydroxylation sites is 1. The van der Waals surface area contributed by atoms with Crippen LogP contribution in [0.2, 0.25) is 5.02 Å². The molecule has 0 unspecified atom stereocenters. The van der Waals surface area contributed by atoms with Crippen molar-refractivity contribution in [2.75, 3.05) is 17.7 Å². The van der Waals surface area contributed by atoms with Crippen LogP contribution in [0.5, 0.6) is 11.5 Å². The van der Waals surface area contributed by atoms with Crippen molar-refractivity contribution < 1.29 is 14.3 Å². The summed E-state index contributed by atoms with van der Waals surface area (Å²) < 4.78 is 12.8. The van der Waals surface area contributed by atoms with E-state index >= 15 is 0 Å². The SMILES string of the molecule is CCOc1ccc(NC(=O)CSc2nnc(COc3ccccc3)n2N=Cc2ccc(Cl)cc2)cc1. The molecule has 3 aromatic carbocycles. The number of benzene rings is 3. The summed E-state index contributed by atoms with van der Waals surface area (Å²) in [5.41, 5.74) is 1.54. The van der Waals surface area contributed by atoms with Crippen molar-refractivity contribution in [1.82, 2.24) is 14.9 Å². The van der Waals surface area contributed by atoms with Gasteiger partial charge in [-0.3, -0.25) is 4.79 Å². The number of hydrogen-bond donors (Lipinski definition) is 1. The van der Waals surface area contributed by atoms with Gasteiger partial charge in [0.05, 0.1) is 18.6 Å². The van der Waals surface area contributed by atoms with Gasteiger partial charge >= 0.3 is 0 Å². The van der Waals surface area contributed by atoms with E-state index in [2.05, 4.69) is 20.6 Å². The lowest BCUT2D eigenvalue weighted by atomic mass is 10.2. The highest BCUT2D eigenvalue weighted by atomic mass is 35.5. The highest BCUT2D eigenvalue weighted by Gasteiger charge is 2.15. The zero-order valence-corrected chi connectivity index (χ0v) is 21.1. The van der Waals surface area contributed by atoms with E-state index in [9.17, 15) is 4.79 Å². The van der Waals surface area contributed by atoms with Crippen molar-refractivity contribution in [3.63, 3.8) is 0 Å². The fourth-order valence-electron chi connectivity index (χ4n) is 3.06. The number of rotatable bonds is 11. The molecule has 1 amide bonds. The maximum absolute atomic E-state index is 12.5. The Labute approximate surface area is 218 Å². The number of nitrogens with one attached hydrogen (secondary N) is 1. The van der Waals surface area contributed by atoms with E-state index in [4.69, 9.17) is 21.1 Å². The molecule has 0 spiro atoms. The van der Waals surface area contributed by atoms with Gasteiger partial charge in [0.15, 0.2) is 5.82 Å². The van der Waals surface area contributed by atoms with E-state index in [0.29, 0.717) is 34.0 Å². The minimum absolute atomic E-state index is 0.126. The van der Waals surface area contributed by atoms with Gasteiger partial charge < -0.3 is 14.8 Å². The van der Waals surface area contributed by atoms with E-state index in [1.165, 1.54) is 11.8 Å². The average molecular weight is 522 g/mol. The van der Waals surface area contributed by atoms with Crippen LogP contribution in [0.1, 0.15) is 18.3 Å². The predicted molar refractivity (Wildman–Crippen MR) is 142 cm³/mol. The third-order valence-electron chi connectivity index (χ3n) is 4.76. The number of hydrogen-bond acceptors (Lipinski definition) is 7. The van der Waals surface area contributed by atoms with Crippen LogP contribution in [0.4, 0.5) is 5.69 Å². The predicted octanol–water partition coefficient (Wildman–Crippen LogP) is 5.52. The van der Waals surface area contributed by atoms with Crippen LogP contribution in [-0.2, 0) is 11.4 Å². The Balaban J connectivity index is 1.45. The van der Waals surface area contributed by atoms with E-state index in [0.717, 1.165) is 11.3 Å². The second-order valence-corrected chi connectivity index (χ2v) is 8.78. The first-order chi connectivity index (χ1) is 17.6. The quantitative estimate of drug-likeness (QED) is 0.206. The van der Waals surface area contributed by atoms with Crippen LogP contribution in [0.15, 0.2) is 89.1 Å². The Kier molecular flexibility index (Phi) is 8.96. The summed E-state index contributed by atoms with van der Waals surface area (Å²) in [5.74, 6) is 1.90. The molecule has 0 atom stereocenters. The minimum atomic E-state index is -0.178. The fraction of sp³-hybridized carbons (Fsp3) is 0.154. The number of carbonyl (C=O) groups is 1. The molecule has 10 heteroatoms. The van der Waals surface area contributed by atoms with E-state index in [1.807, 2.05) is 61.5 Å². The smallest absolute Gasteiger partial charge is 0.234 e. The molecule has 0 bridgehead atoms. The summed E-state index contributed by atoms with van der Waals surface area (Å²) in [4.78, 5) is 12.5. The van der Waals surface area contributed by atoms with Gasteiger partial charge in [0.25, 0.3) is 0 Å². The van der Waals surface area contributed by atoms with Crippen molar-refractivity contribution in [3.05, 3.63) is 95.3 Å². The standard InChI is InChI=1S/C26H24ClN5O3S/c1-2-34-23-14-12-21(13-15-23)29-25(33)18-36-26-31-30-24(17-35-22-6-4-3-5-7-22)32(26)28-16-19-8-10-20(27)11-9-19/h3-16H,2,17-18H2,1H3,(H,29,33). The summed E-state index contributed by atoms with van der Waals surface area (Å²) in [6.07, 6.45) is 1.68. The van der Waals surface area contributed by atoms with Crippen LogP contribution in [0, 0.1) is 0 Å². The van der Waals surface area contributed by atoms with Gasteiger partial charge in [0, 0.05) is 10.7 Å². The van der Waals surface area contributed by atoms with Crippen molar-refractivity contribution in [1.29, 1.82) is 0 Å². The maximum Gasteiger partial charge on any atom is 0.234 e. The molecule has 36 heavy (non-hydrogen) atoms. The van der Waals surface area contributed by atoms with Crippen molar-refractivity contribution >= 4 is 41.2 Å². The molecule has 0 aliphatic rings. The first-order valence-electron chi connectivity index (χ1n) is 11.2. The molecule has 4 aromatic rings. The molecule has 184 valence electrons. The van der Waals surface area contributed by atoms with Crippen LogP contribution in [0.3, 0.4) is 0 Å². The van der Waals surface area contributed by atoms with E-state index in [-0.39, 0.29) is 18.3 Å². The van der Waals surface area contributed by atoms with Crippen LogP contribution < -0.4 is 14.8 Å². The molecular formula is C26H24ClN5O3S. The van der Waals surface area contributed by atoms with Gasteiger partial charge in [0.2, 0.25) is 11.1 Å². The Morgan fingerprint density at radius 3 is 2.44 bits per heavy atom. The molecule has 8 nitrogen and oxygen atoms in total. The summed E-state index contributed by atoms with van der Waals surface area (Å²) in [5, 5.41) is 17.0. The van der Waals surface area contributed by atoms with Crippen LogP contribution in [0.25, 0.3) is 0 Å². The number of amides is 1. The summed E-state index contributed by atoms with van der Waals surface area (Å²) >= 11 is 7.21. The number of thioether (sulfide) groups is 1. The molecule has 0 aliphatic heterocycles. The Hall–Kier alpha value is -3.82. The number of halogens is 1. The van der Waals surface area contributed by atoms with Crippen LogP contribution >= 0.6 is 23.4 Å². The highest BCUT2D eigenvalue weighted by Crippen LogP contribution is 2.20. The molecule has 1 aromatic heterocycles. The monoisotopic (exact) mass is 521 g/mol. The Bertz CT molecular complexity index is 1300. The van der Waals surface area contributed by atoms with Crippen molar-refractivity contribution in [2.24, 2.45) is 5.10 Å². The van der Waals surface area contributed by atoms with Gasteiger partial charge in [-0.1, -0.05) is 53.7 Å². The lowest BCUT2D eigenvalue weighted by Gasteiger charge is -2.08. The zero-order valence-electron chi connectivity index (χ0n) is 19.5. The molecule has 0 saturated heterocycles. The van der Waals surface area contributed by atoms with Gasteiger partial charge in [0.1, 0.15) is 18.1 Å². The molecule has 0 fully saturated rings. The molecule has 1 N–H and O–H groups in total. The largest absolute Gasteiger partial charge is 0.494 e. The Morgan fingerprint density at radius 1 is 1.00 bits per heavy atom. The lowest BCUT2D eigenvalue weighted by molar-refractivity contribution is -0.113. The fourth-order valence-corrected chi connectivity index (χ4v) is 3.89. The zero-order chi connectivity index (χ0) is 25.2. The highest BCUT2D eigenvalue weighted by molar-refractivity contribution is 7.99. The number of ether oxygens (including phenoxy) is 2. The van der Waals surface area contributed by atoms with E-state index < -0.39 is 0 Å². The Morgan fingerprint density at radius 2 is 1.72 bits per heavy atom.